The van der Waals surface area contributed by atoms with E-state index in [-0.39, 0.29) is 17.2 Å². The van der Waals surface area contributed by atoms with Crippen LogP contribution in [-0.4, -0.2) is 18.4 Å². The molecule has 1 aromatic rings. The van der Waals surface area contributed by atoms with Crippen molar-refractivity contribution in [2.75, 3.05) is 11.9 Å². The molecule has 0 fully saturated rings. The molecule has 1 aromatic carbocycles. The van der Waals surface area contributed by atoms with Crippen molar-refractivity contribution in [3.05, 3.63) is 29.3 Å². The van der Waals surface area contributed by atoms with Gasteiger partial charge in [0.05, 0.1) is 0 Å². The molecule has 0 heterocycles. The van der Waals surface area contributed by atoms with Gasteiger partial charge in [0.2, 0.25) is 11.8 Å². The zero-order valence-corrected chi connectivity index (χ0v) is 13.7. The van der Waals surface area contributed by atoms with Gasteiger partial charge in [0.25, 0.3) is 0 Å². The predicted octanol–water partition coefficient (Wildman–Crippen LogP) is 3.18. The van der Waals surface area contributed by atoms with Crippen LogP contribution in [0.5, 0.6) is 0 Å². The highest BCUT2D eigenvalue weighted by Crippen LogP contribution is 2.16. The smallest absolute Gasteiger partial charge is 0.225 e. The molecule has 0 saturated carbocycles. The van der Waals surface area contributed by atoms with Crippen molar-refractivity contribution in [1.29, 1.82) is 0 Å². The van der Waals surface area contributed by atoms with Crippen LogP contribution in [0.25, 0.3) is 0 Å². The fraction of sp³-hybridized carbons (Fsp3) is 0.529. The van der Waals surface area contributed by atoms with Crippen LogP contribution in [0.2, 0.25) is 0 Å². The first kappa shape index (κ1) is 17.2. The summed E-state index contributed by atoms with van der Waals surface area (Å²) in [6.45, 7) is 10.1. The maximum atomic E-state index is 11.9. The van der Waals surface area contributed by atoms with E-state index < -0.39 is 0 Å². The molecular weight excluding hydrogens is 264 g/mol. The third-order valence-corrected chi connectivity index (χ3v) is 3.21. The molecule has 0 aliphatic carbocycles. The van der Waals surface area contributed by atoms with Gasteiger partial charge in [0.1, 0.15) is 0 Å². The van der Waals surface area contributed by atoms with Crippen LogP contribution >= 0.6 is 0 Å². The van der Waals surface area contributed by atoms with Gasteiger partial charge >= 0.3 is 0 Å². The normalized spacial score (nSPS) is 11.1. The lowest BCUT2D eigenvalue weighted by Crippen LogP contribution is -2.35. The van der Waals surface area contributed by atoms with Crippen LogP contribution in [-0.2, 0) is 9.59 Å². The second-order valence-electron chi connectivity index (χ2n) is 6.48. The molecule has 116 valence electrons. The Labute approximate surface area is 127 Å². The number of hydrogen-bond acceptors (Lipinski definition) is 2. The van der Waals surface area contributed by atoms with E-state index >= 15 is 0 Å². The SMILES string of the molecule is Cc1ccc(C)c(NC(=O)CCCNC(=O)C(C)(C)C)c1. The number of carbonyl (C=O) groups is 2. The van der Waals surface area contributed by atoms with E-state index in [9.17, 15) is 9.59 Å². The third-order valence-electron chi connectivity index (χ3n) is 3.21. The lowest BCUT2D eigenvalue weighted by Gasteiger charge is -2.17. The van der Waals surface area contributed by atoms with Crippen LogP contribution in [0.15, 0.2) is 18.2 Å². The summed E-state index contributed by atoms with van der Waals surface area (Å²) in [4.78, 5) is 23.6. The molecule has 0 bridgehead atoms. The minimum atomic E-state index is -0.388. The van der Waals surface area contributed by atoms with Crippen LogP contribution in [0, 0.1) is 19.3 Å². The molecule has 0 saturated heterocycles. The van der Waals surface area contributed by atoms with Gasteiger partial charge in [-0.1, -0.05) is 32.9 Å². The zero-order valence-electron chi connectivity index (χ0n) is 13.7. The topological polar surface area (TPSA) is 58.2 Å². The largest absolute Gasteiger partial charge is 0.356 e. The summed E-state index contributed by atoms with van der Waals surface area (Å²) in [5.74, 6) is -0.00820. The Bertz CT molecular complexity index is 516. The van der Waals surface area contributed by atoms with Crippen LogP contribution in [0.1, 0.15) is 44.7 Å². The minimum Gasteiger partial charge on any atom is -0.356 e. The Morgan fingerprint density at radius 1 is 1.14 bits per heavy atom. The molecule has 2 N–H and O–H groups in total. The third kappa shape index (κ3) is 5.98. The van der Waals surface area contributed by atoms with E-state index in [2.05, 4.69) is 10.6 Å². The molecule has 0 aromatic heterocycles. The fourth-order valence-corrected chi connectivity index (χ4v) is 1.80. The van der Waals surface area contributed by atoms with Gasteiger partial charge in [-0.2, -0.15) is 0 Å². The Kier molecular flexibility index (Phi) is 5.94. The first-order valence-electron chi connectivity index (χ1n) is 7.35. The van der Waals surface area contributed by atoms with Gasteiger partial charge in [0, 0.05) is 24.1 Å². The predicted molar refractivity (Wildman–Crippen MR) is 86.2 cm³/mol. The summed E-state index contributed by atoms with van der Waals surface area (Å²) in [6, 6.07) is 5.98. The first-order valence-corrected chi connectivity index (χ1v) is 7.35. The minimum absolute atomic E-state index is 0.0115. The molecule has 0 radical (unpaired) electrons. The highest BCUT2D eigenvalue weighted by molar-refractivity contribution is 5.91. The first-order chi connectivity index (χ1) is 9.70. The lowest BCUT2D eigenvalue weighted by molar-refractivity contribution is -0.128. The summed E-state index contributed by atoms with van der Waals surface area (Å²) >= 11 is 0. The number of anilines is 1. The lowest BCUT2D eigenvalue weighted by atomic mass is 9.96. The van der Waals surface area contributed by atoms with E-state index in [4.69, 9.17) is 0 Å². The van der Waals surface area contributed by atoms with Crippen LogP contribution in [0.4, 0.5) is 5.69 Å². The molecular formula is C17H26N2O2. The summed E-state index contributed by atoms with van der Waals surface area (Å²) in [5.41, 5.74) is 2.64. The summed E-state index contributed by atoms with van der Waals surface area (Å²) < 4.78 is 0. The maximum Gasteiger partial charge on any atom is 0.225 e. The average Bonchev–Trinajstić information content (AvgIpc) is 2.37. The molecule has 2 amide bonds. The number of aryl methyl sites for hydroxylation is 2. The van der Waals surface area contributed by atoms with E-state index in [0.29, 0.717) is 19.4 Å². The van der Waals surface area contributed by atoms with Crippen molar-refractivity contribution >= 4 is 17.5 Å². The highest BCUT2D eigenvalue weighted by Gasteiger charge is 2.20. The van der Waals surface area contributed by atoms with Crippen molar-refractivity contribution in [2.24, 2.45) is 5.41 Å². The monoisotopic (exact) mass is 290 g/mol. The van der Waals surface area contributed by atoms with E-state index in [1.54, 1.807) is 0 Å². The van der Waals surface area contributed by atoms with Crippen molar-refractivity contribution in [3.8, 4) is 0 Å². The van der Waals surface area contributed by atoms with Crippen molar-refractivity contribution in [3.63, 3.8) is 0 Å². The molecule has 1 rings (SSSR count). The van der Waals surface area contributed by atoms with Gasteiger partial charge in [-0.05, 0) is 37.5 Å². The summed E-state index contributed by atoms with van der Waals surface area (Å²) in [7, 11) is 0. The van der Waals surface area contributed by atoms with Gasteiger partial charge in [-0.15, -0.1) is 0 Å². The number of rotatable bonds is 5. The van der Waals surface area contributed by atoms with Gasteiger partial charge in [0.15, 0.2) is 0 Å². The zero-order chi connectivity index (χ0) is 16.0. The number of nitrogens with one attached hydrogen (secondary N) is 2. The Hall–Kier alpha value is -1.84. The van der Waals surface area contributed by atoms with E-state index in [1.165, 1.54) is 0 Å². The molecule has 0 atom stereocenters. The second-order valence-corrected chi connectivity index (χ2v) is 6.48. The van der Waals surface area contributed by atoms with Gasteiger partial charge in [-0.3, -0.25) is 9.59 Å². The second kappa shape index (κ2) is 7.25. The molecule has 0 aliphatic rings. The fourth-order valence-electron chi connectivity index (χ4n) is 1.80. The van der Waals surface area contributed by atoms with Crippen molar-refractivity contribution in [1.82, 2.24) is 5.32 Å². The molecule has 4 heteroatoms. The molecule has 0 spiro atoms. The Balaban J connectivity index is 2.35. The molecule has 0 aliphatic heterocycles. The Morgan fingerprint density at radius 3 is 2.43 bits per heavy atom. The number of hydrogen-bond donors (Lipinski definition) is 2. The van der Waals surface area contributed by atoms with E-state index in [0.717, 1.165) is 16.8 Å². The quantitative estimate of drug-likeness (QED) is 0.818. The molecule has 0 unspecified atom stereocenters. The molecule has 21 heavy (non-hydrogen) atoms. The highest BCUT2D eigenvalue weighted by atomic mass is 16.2. The van der Waals surface area contributed by atoms with Crippen molar-refractivity contribution < 1.29 is 9.59 Å². The summed E-state index contributed by atoms with van der Waals surface area (Å²) in [6.07, 6.45) is 1.04. The average molecular weight is 290 g/mol. The van der Waals surface area contributed by atoms with Gasteiger partial charge < -0.3 is 10.6 Å². The number of amides is 2. The van der Waals surface area contributed by atoms with Crippen LogP contribution < -0.4 is 10.6 Å². The summed E-state index contributed by atoms with van der Waals surface area (Å²) in [5, 5.41) is 5.76. The van der Waals surface area contributed by atoms with Crippen molar-refractivity contribution in [2.45, 2.75) is 47.5 Å². The number of carbonyl (C=O) groups excluding carboxylic acids is 2. The Morgan fingerprint density at radius 2 is 1.81 bits per heavy atom. The van der Waals surface area contributed by atoms with E-state index in [1.807, 2.05) is 52.8 Å². The van der Waals surface area contributed by atoms with Gasteiger partial charge in [-0.25, -0.2) is 0 Å². The maximum absolute atomic E-state index is 11.9. The molecule has 4 nitrogen and oxygen atoms in total. The van der Waals surface area contributed by atoms with Crippen LogP contribution in [0.3, 0.4) is 0 Å². The standard InChI is InChI=1S/C17H26N2O2/c1-12-8-9-13(2)14(11-12)19-15(20)7-6-10-18-16(21)17(3,4)5/h8-9,11H,6-7,10H2,1-5H3,(H,18,21)(H,19,20). The number of benzene rings is 1.